The Labute approximate surface area is 205 Å². The van der Waals surface area contributed by atoms with Crippen LogP contribution in [0.25, 0.3) is 11.3 Å². The van der Waals surface area contributed by atoms with Crippen LogP contribution in [0.2, 0.25) is 15.1 Å². The first-order valence-corrected chi connectivity index (χ1v) is 11.4. The summed E-state index contributed by atoms with van der Waals surface area (Å²) in [6.45, 7) is 0. The molecule has 1 aliphatic rings. The number of thiocarbonyl (C=S) groups is 1. The number of aromatic nitrogens is 1. The molecule has 160 valence electrons. The Kier molecular flexibility index (Phi) is 5.82. The molecule has 0 aliphatic carbocycles. The van der Waals surface area contributed by atoms with Gasteiger partial charge in [-0.2, -0.15) is 0 Å². The molecular weight excluding hydrogens is 485 g/mol. The van der Waals surface area contributed by atoms with Gasteiger partial charge in [0.05, 0.1) is 21.8 Å². The standard InChI is InChI=1S/C24H16Cl3N3OS/c25-14-7-9-15(10-8-14)30-23(22(29-24(30)32)18-6-1-2-13-28-18)20-12-11-19(31-20)16-4-3-5-17(26)21(16)27/h1-13,22-23H,(H,29,32)/t22-,23-/m0/s1. The van der Waals surface area contributed by atoms with Gasteiger partial charge in [-0.3, -0.25) is 4.98 Å². The van der Waals surface area contributed by atoms with E-state index in [1.807, 2.05) is 71.6 Å². The smallest absolute Gasteiger partial charge is 0.174 e. The Bertz CT molecular complexity index is 1280. The highest BCUT2D eigenvalue weighted by Crippen LogP contribution is 2.44. The van der Waals surface area contributed by atoms with Crippen LogP contribution >= 0.6 is 47.0 Å². The second kappa shape index (κ2) is 8.75. The Balaban J connectivity index is 1.61. The number of nitrogens with one attached hydrogen (secondary N) is 1. The predicted octanol–water partition coefficient (Wildman–Crippen LogP) is 7.48. The number of nitrogens with zero attached hydrogens (tertiary/aromatic N) is 2. The molecule has 2 aromatic carbocycles. The van der Waals surface area contributed by atoms with Crippen molar-refractivity contribution in [3.63, 3.8) is 0 Å². The van der Waals surface area contributed by atoms with E-state index < -0.39 is 0 Å². The van der Waals surface area contributed by atoms with E-state index in [-0.39, 0.29) is 12.1 Å². The van der Waals surface area contributed by atoms with E-state index in [1.165, 1.54) is 0 Å². The predicted molar refractivity (Wildman–Crippen MR) is 134 cm³/mol. The third-order valence-electron chi connectivity index (χ3n) is 5.34. The van der Waals surface area contributed by atoms with E-state index in [0.717, 1.165) is 16.9 Å². The zero-order valence-corrected chi connectivity index (χ0v) is 19.6. The summed E-state index contributed by atoms with van der Waals surface area (Å²) in [5.74, 6) is 1.34. The molecule has 0 spiro atoms. The minimum atomic E-state index is -0.273. The Morgan fingerprint density at radius 1 is 0.906 bits per heavy atom. The molecule has 0 bridgehead atoms. The fourth-order valence-corrected chi connectivity index (χ4v) is 4.74. The molecule has 0 unspecified atom stereocenters. The maximum Gasteiger partial charge on any atom is 0.174 e. The van der Waals surface area contributed by atoms with Gasteiger partial charge in [-0.15, -0.1) is 0 Å². The van der Waals surface area contributed by atoms with Crippen LogP contribution in [0.3, 0.4) is 0 Å². The average molecular weight is 501 g/mol. The van der Waals surface area contributed by atoms with E-state index >= 15 is 0 Å². The van der Waals surface area contributed by atoms with Crippen molar-refractivity contribution < 1.29 is 4.42 Å². The van der Waals surface area contributed by atoms with E-state index in [4.69, 9.17) is 51.4 Å². The van der Waals surface area contributed by atoms with Crippen LogP contribution in [0.15, 0.2) is 83.4 Å². The van der Waals surface area contributed by atoms with Crippen LogP contribution in [0.1, 0.15) is 23.5 Å². The number of halogens is 3. The minimum Gasteiger partial charge on any atom is -0.459 e. The first-order valence-electron chi connectivity index (χ1n) is 9.83. The highest BCUT2D eigenvalue weighted by molar-refractivity contribution is 7.80. The fraction of sp³-hybridized carbons (Fsp3) is 0.0833. The van der Waals surface area contributed by atoms with Crippen molar-refractivity contribution >= 4 is 57.8 Å². The summed E-state index contributed by atoms with van der Waals surface area (Å²) in [5.41, 5.74) is 2.48. The Morgan fingerprint density at radius 3 is 2.47 bits per heavy atom. The Morgan fingerprint density at radius 2 is 1.72 bits per heavy atom. The van der Waals surface area contributed by atoms with Gasteiger partial charge >= 0.3 is 0 Å². The molecule has 1 N–H and O–H groups in total. The maximum atomic E-state index is 6.43. The zero-order valence-electron chi connectivity index (χ0n) is 16.5. The van der Waals surface area contributed by atoms with Gasteiger partial charge in [-0.1, -0.05) is 46.9 Å². The SMILES string of the molecule is S=C1N[C@@H](c2ccccn2)[C@H](c2ccc(-c3cccc(Cl)c3Cl)o2)N1c1ccc(Cl)cc1. The molecule has 1 aliphatic heterocycles. The number of anilines is 1. The van der Waals surface area contributed by atoms with E-state index in [2.05, 4.69) is 10.3 Å². The lowest BCUT2D eigenvalue weighted by molar-refractivity contribution is 0.439. The first-order chi connectivity index (χ1) is 15.5. The van der Waals surface area contributed by atoms with Crippen LogP contribution in [0.5, 0.6) is 0 Å². The molecule has 2 atom stereocenters. The van der Waals surface area contributed by atoms with Gasteiger partial charge in [-0.25, -0.2) is 0 Å². The van der Waals surface area contributed by atoms with Gasteiger partial charge in [0, 0.05) is 22.5 Å². The highest BCUT2D eigenvalue weighted by atomic mass is 35.5. The lowest BCUT2D eigenvalue weighted by Gasteiger charge is -2.26. The van der Waals surface area contributed by atoms with E-state index in [1.54, 1.807) is 12.3 Å². The van der Waals surface area contributed by atoms with Crippen molar-refractivity contribution in [1.29, 1.82) is 0 Å². The molecule has 8 heteroatoms. The van der Waals surface area contributed by atoms with Crippen LogP contribution in [-0.4, -0.2) is 10.1 Å². The monoisotopic (exact) mass is 499 g/mol. The van der Waals surface area contributed by atoms with Crippen LogP contribution in [0, 0.1) is 0 Å². The Hall–Kier alpha value is -2.57. The molecule has 4 nitrogen and oxygen atoms in total. The fourth-order valence-electron chi connectivity index (χ4n) is 3.87. The lowest BCUT2D eigenvalue weighted by Crippen LogP contribution is -2.29. The number of rotatable bonds is 4. The average Bonchev–Trinajstić information content (AvgIpc) is 3.41. The molecule has 0 radical (unpaired) electrons. The maximum absolute atomic E-state index is 6.43. The van der Waals surface area contributed by atoms with E-state index in [0.29, 0.717) is 31.7 Å². The van der Waals surface area contributed by atoms with Crippen molar-refractivity contribution in [2.24, 2.45) is 0 Å². The van der Waals surface area contributed by atoms with Crippen LogP contribution < -0.4 is 10.2 Å². The topological polar surface area (TPSA) is 41.3 Å². The van der Waals surface area contributed by atoms with Crippen molar-refractivity contribution in [3.8, 4) is 11.3 Å². The highest BCUT2D eigenvalue weighted by Gasteiger charge is 2.42. The quantitative estimate of drug-likeness (QED) is 0.294. The molecule has 4 aromatic rings. The molecule has 1 fully saturated rings. The largest absolute Gasteiger partial charge is 0.459 e. The summed E-state index contributed by atoms with van der Waals surface area (Å²) in [6.07, 6.45) is 1.77. The van der Waals surface area contributed by atoms with Gasteiger partial charge in [0.2, 0.25) is 0 Å². The zero-order chi connectivity index (χ0) is 22.2. The molecule has 3 heterocycles. The van der Waals surface area contributed by atoms with Crippen LogP contribution in [-0.2, 0) is 0 Å². The van der Waals surface area contributed by atoms with E-state index in [9.17, 15) is 0 Å². The second-order valence-corrected chi connectivity index (χ2v) is 8.88. The van der Waals surface area contributed by atoms with Crippen LogP contribution in [0.4, 0.5) is 5.69 Å². The van der Waals surface area contributed by atoms with Gasteiger partial charge in [-0.05, 0) is 72.9 Å². The number of hydrogen-bond donors (Lipinski definition) is 1. The summed E-state index contributed by atoms with van der Waals surface area (Å²) in [4.78, 5) is 6.57. The second-order valence-electron chi connectivity index (χ2n) is 7.28. The van der Waals surface area contributed by atoms with Gasteiger partial charge < -0.3 is 14.6 Å². The van der Waals surface area contributed by atoms with Gasteiger partial charge in [0.15, 0.2) is 5.11 Å². The number of hydrogen-bond acceptors (Lipinski definition) is 3. The summed E-state index contributed by atoms with van der Waals surface area (Å²) < 4.78 is 6.33. The lowest BCUT2D eigenvalue weighted by atomic mass is 10.0. The molecule has 1 saturated heterocycles. The van der Waals surface area contributed by atoms with Crippen molar-refractivity contribution in [1.82, 2.24) is 10.3 Å². The molecule has 0 saturated carbocycles. The van der Waals surface area contributed by atoms with Gasteiger partial charge in [0.25, 0.3) is 0 Å². The molecular formula is C24H16Cl3N3OS. The summed E-state index contributed by atoms with van der Waals surface area (Å²) >= 11 is 24.5. The molecule has 0 amide bonds. The molecule has 32 heavy (non-hydrogen) atoms. The third kappa shape index (κ3) is 3.86. The first kappa shape index (κ1) is 21.3. The number of benzene rings is 2. The number of furan rings is 1. The molecule has 2 aromatic heterocycles. The summed E-state index contributed by atoms with van der Waals surface area (Å²) in [7, 11) is 0. The summed E-state index contributed by atoms with van der Waals surface area (Å²) in [5, 5.41) is 5.56. The minimum absolute atomic E-state index is 0.215. The third-order valence-corrected chi connectivity index (χ3v) is 6.72. The van der Waals surface area contributed by atoms with Crippen molar-refractivity contribution in [3.05, 3.63) is 106 Å². The normalized spacial score (nSPS) is 18.1. The molecule has 5 rings (SSSR count). The van der Waals surface area contributed by atoms with Crippen molar-refractivity contribution in [2.75, 3.05) is 4.90 Å². The number of pyridine rings is 1. The van der Waals surface area contributed by atoms with Gasteiger partial charge in [0.1, 0.15) is 17.6 Å². The van der Waals surface area contributed by atoms with Crippen molar-refractivity contribution in [2.45, 2.75) is 12.1 Å². The summed E-state index contributed by atoms with van der Waals surface area (Å²) in [6, 6.07) is 22.2.